The van der Waals surface area contributed by atoms with Crippen LogP contribution in [0.5, 0.6) is 5.75 Å². The summed E-state index contributed by atoms with van der Waals surface area (Å²) in [5.41, 5.74) is 1.12. The second kappa shape index (κ2) is 9.68. The molecule has 0 amide bonds. The molecule has 0 aliphatic rings. The molecule has 1 aromatic carbocycles. The second-order valence-corrected chi connectivity index (χ2v) is 3.98. The minimum atomic E-state index is 0.682. The van der Waals surface area contributed by atoms with E-state index in [0.29, 0.717) is 6.61 Å². The third kappa shape index (κ3) is 5.84. The van der Waals surface area contributed by atoms with Crippen molar-refractivity contribution in [2.24, 2.45) is 0 Å². The van der Waals surface area contributed by atoms with Gasteiger partial charge in [0.05, 0.1) is 0 Å². The fraction of sp³-hybridized carbons (Fsp3) is 0.467. The molecule has 0 radical (unpaired) electrons. The van der Waals surface area contributed by atoms with Crippen molar-refractivity contribution in [3.63, 3.8) is 0 Å². The van der Waals surface area contributed by atoms with Crippen molar-refractivity contribution >= 4 is 6.08 Å². The molecule has 0 heterocycles. The van der Waals surface area contributed by atoms with Crippen molar-refractivity contribution in [2.75, 3.05) is 33.4 Å². The van der Waals surface area contributed by atoms with Gasteiger partial charge in [0.2, 0.25) is 0 Å². The summed E-state index contributed by atoms with van der Waals surface area (Å²) >= 11 is 0. The van der Waals surface area contributed by atoms with Gasteiger partial charge in [-0.2, -0.15) is 0 Å². The maximum Gasteiger partial charge on any atom is 0.126 e. The van der Waals surface area contributed by atoms with E-state index in [-0.39, 0.29) is 0 Å². The fourth-order valence-corrected chi connectivity index (χ4v) is 1.63. The van der Waals surface area contributed by atoms with Crippen molar-refractivity contribution in [3.05, 3.63) is 35.9 Å². The number of ether oxygens (including phenoxy) is 2. The molecule has 3 nitrogen and oxygen atoms in total. The van der Waals surface area contributed by atoms with Gasteiger partial charge < -0.3 is 14.8 Å². The molecule has 3 heteroatoms. The molecule has 0 atom stereocenters. The average molecular weight is 249 g/mol. The predicted molar refractivity (Wildman–Crippen MR) is 76.0 cm³/mol. The van der Waals surface area contributed by atoms with E-state index in [4.69, 9.17) is 9.47 Å². The van der Waals surface area contributed by atoms with Gasteiger partial charge in [-0.25, -0.2) is 0 Å². The molecule has 0 bridgehead atoms. The Morgan fingerprint density at radius 3 is 2.78 bits per heavy atom. The largest absolute Gasteiger partial charge is 0.492 e. The molecule has 0 aliphatic heterocycles. The molecule has 1 rings (SSSR count). The van der Waals surface area contributed by atoms with E-state index < -0.39 is 0 Å². The molecular weight excluding hydrogens is 226 g/mol. The van der Waals surface area contributed by atoms with Crippen molar-refractivity contribution in [1.29, 1.82) is 0 Å². The molecule has 0 saturated heterocycles. The summed E-state index contributed by atoms with van der Waals surface area (Å²) < 4.78 is 10.7. The lowest BCUT2D eigenvalue weighted by Gasteiger charge is -2.09. The van der Waals surface area contributed by atoms with Gasteiger partial charge in [-0.1, -0.05) is 30.4 Å². The number of hydrogen-bond donors (Lipinski definition) is 1. The van der Waals surface area contributed by atoms with Crippen molar-refractivity contribution < 1.29 is 9.47 Å². The monoisotopic (exact) mass is 249 g/mol. The van der Waals surface area contributed by atoms with Crippen LogP contribution >= 0.6 is 0 Å². The zero-order chi connectivity index (χ0) is 13.1. The van der Waals surface area contributed by atoms with Gasteiger partial charge in [0.15, 0.2) is 0 Å². The third-order valence-electron chi connectivity index (χ3n) is 2.50. The number of nitrogens with one attached hydrogen (secondary N) is 1. The summed E-state index contributed by atoms with van der Waals surface area (Å²) in [6.07, 6.45) is 5.11. The lowest BCUT2D eigenvalue weighted by molar-refractivity contribution is 0.193. The number of benzene rings is 1. The molecule has 18 heavy (non-hydrogen) atoms. The van der Waals surface area contributed by atoms with Crippen molar-refractivity contribution in [3.8, 4) is 5.75 Å². The SMILES string of the molecule is CC=Cc1ccccc1OCCNCCCOC. The normalized spacial score (nSPS) is 11.0. The summed E-state index contributed by atoms with van der Waals surface area (Å²) in [5.74, 6) is 0.939. The van der Waals surface area contributed by atoms with Gasteiger partial charge in [-0.05, 0) is 26.0 Å². The van der Waals surface area contributed by atoms with E-state index in [0.717, 1.165) is 37.4 Å². The van der Waals surface area contributed by atoms with Crippen molar-refractivity contribution in [1.82, 2.24) is 5.32 Å². The highest BCUT2D eigenvalue weighted by Gasteiger charge is 1.98. The van der Waals surface area contributed by atoms with Crippen LogP contribution in [0, 0.1) is 0 Å². The first-order chi connectivity index (χ1) is 8.88. The van der Waals surface area contributed by atoms with Crippen LogP contribution in [0.25, 0.3) is 6.08 Å². The van der Waals surface area contributed by atoms with E-state index in [1.165, 1.54) is 0 Å². The molecule has 1 aromatic rings. The topological polar surface area (TPSA) is 30.5 Å². The molecular formula is C15H23NO2. The quantitative estimate of drug-likeness (QED) is 0.683. The predicted octanol–water partition coefficient (Wildman–Crippen LogP) is 2.72. The molecule has 0 spiro atoms. The number of methoxy groups -OCH3 is 1. The Bertz CT molecular complexity index is 350. The number of hydrogen-bond acceptors (Lipinski definition) is 3. The summed E-state index contributed by atoms with van der Waals surface area (Å²) in [4.78, 5) is 0. The number of allylic oxidation sites excluding steroid dienone is 1. The van der Waals surface area contributed by atoms with E-state index in [1.807, 2.05) is 31.2 Å². The zero-order valence-electron chi connectivity index (χ0n) is 11.3. The van der Waals surface area contributed by atoms with E-state index in [9.17, 15) is 0 Å². The van der Waals surface area contributed by atoms with Gasteiger partial charge in [0.25, 0.3) is 0 Å². The summed E-state index contributed by atoms with van der Waals surface area (Å²) in [6.45, 7) is 5.31. The van der Waals surface area contributed by atoms with E-state index in [2.05, 4.69) is 17.5 Å². The molecule has 0 fully saturated rings. The van der Waals surface area contributed by atoms with Crippen LogP contribution in [0.4, 0.5) is 0 Å². The molecule has 0 saturated carbocycles. The van der Waals surface area contributed by atoms with Crippen LogP contribution in [0.3, 0.4) is 0 Å². The first kappa shape index (κ1) is 14.7. The van der Waals surface area contributed by atoms with Crippen LogP contribution < -0.4 is 10.1 Å². The molecule has 0 aromatic heterocycles. The van der Waals surface area contributed by atoms with Gasteiger partial charge in [0, 0.05) is 25.8 Å². The highest BCUT2D eigenvalue weighted by Crippen LogP contribution is 2.18. The lowest BCUT2D eigenvalue weighted by atomic mass is 10.2. The highest BCUT2D eigenvalue weighted by atomic mass is 16.5. The van der Waals surface area contributed by atoms with E-state index in [1.54, 1.807) is 7.11 Å². The standard InChI is InChI=1S/C15H23NO2/c1-3-7-14-8-4-5-9-15(14)18-13-11-16-10-6-12-17-2/h3-5,7-9,16H,6,10-13H2,1-2H3. The maximum atomic E-state index is 5.75. The average Bonchev–Trinajstić information content (AvgIpc) is 2.40. The Hall–Kier alpha value is -1.32. The maximum absolute atomic E-state index is 5.75. The van der Waals surface area contributed by atoms with Crippen LogP contribution in [-0.2, 0) is 4.74 Å². The van der Waals surface area contributed by atoms with Crippen LogP contribution in [0.15, 0.2) is 30.3 Å². The Morgan fingerprint density at radius 1 is 1.17 bits per heavy atom. The number of rotatable bonds is 9. The van der Waals surface area contributed by atoms with Crippen LogP contribution in [0.1, 0.15) is 18.9 Å². The minimum absolute atomic E-state index is 0.682. The second-order valence-electron chi connectivity index (χ2n) is 3.98. The molecule has 100 valence electrons. The molecule has 0 aliphatic carbocycles. The van der Waals surface area contributed by atoms with Crippen molar-refractivity contribution in [2.45, 2.75) is 13.3 Å². The molecule has 0 unspecified atom stereocenters. The Labute approximate surface area is 110 Å². The van der Waals surface area contributed by atoms with Gasteiger partial charge >= 0.3 is 0 Å². The fourth-order valence-electron chi connectivity index (χ4n) is 1.63. The van der Waals surface area contributed by atoms with Crippen LogP contribution in [-0.4, -0.2) is 33.4 Å². The Balaban J connectivity index is 2.22. The Kier molecular flexibility index (Phi) is 7.93. The lowest BCUT2D eigenvalue weighted by Crippen LogP contribution is -2.23. The third-order valence-corrected chi connectivity index (χ3v) is 2.50. The zero-order valence-corrected chi connectivity index (χ0v) is 11.3. The Morgan fingerprint density at radius 2 is 2.00 bits per heavy atom. The first-order valence-corrected chi connectivity index (χ1v) is 6.42. The van der Waals surface area contributed by atoms with Gasteiger partial charge in [-0.3, -0.25) is 0 Å². The smallest absolute Gasteiger partial charge is 0.126 e. The van der Waals surface area contributed by atoms with Gasteiger partial charge in [0.1, 0.15) is 12.4 Å². The highest BCUT2D eigenvalue weighted by molar-refractivity contribution is 5.56. The summed E-state index contributed by atoms with van der Waals surface area (Å²) in [7, 11) is 1.72. The summed E-state index contributed by atoms with van der Waals surface area (Å²) in [6, 6.07) is 8.07. The number of para-hydroxylation sites is 1. The first-order valence-electron chi connectivity index (χ1n) is 6.42. The summed E-state index contributed by atoms with van der Waals surface area (Å²) in [5, 5.41) is 3.32. The van der Waals surface area contributed by atoms with E-state index >= 15 is 0 Å². The van der Waals surface area contributed by atoms with Crippen LogP contribution in [0.2, 0.25) is 0 Å². The minimum Gasteiger partial charge on any atom is -0.492 e. The van der Waals surface area contributed by atoms with Gasteiger partial charge in [-0.15, -0.1) is 0 Å². The molecule has 1 N–H and O–H groups in total.